The first-order valence-electron chi connectivity index (χ1n) is 5.65. The fraction of sp³-hybridized carbons (Fsp3) is 0.538. The van der Waals surface area contributed by atoms with Crippen molar-refractivity contribution in [2.24, 2.45) is 5.73 Å². The smallest absolute Gasteiger partial charge is 0.122 e. The summed E-state index contributed by atoms with van der Waals surface area (Å²) in [5.41, 5.74) is 8.29. The molecule has 2 atom stereocenters. The molecular weight excluding hydrogens is 202 g/mol. The second-order valence-corrected chi connectivity index (χ2v) is 4.41. The molecule has 0 heterocycles. The van der Waals surface area contributed by atoms with Gasteiger partial charge in [0.1, 0.15) is 11.5 Å². The van der Waals surface area contributed by atoms with Gasteiger partial charge in [-0.1, -0.05) is 0 Å². The van der Waals surface area contributed by atoms with E-state index in [1.165, 1.54) is 5.56 Å². The van der Waals surface area contributed by atoms with Gasteiger partial charge in [-0.2, -0.15) is 0 Å². The lowest BCUT2D eigenvalue weighted by Crippen LogP contribution is -2.37. The highest BCUT2D eigenvalue weighted by atomic mass is 16.5. The minimum absolute atomic E-state index is 0.265. The summed E-state index contributed by atoms with van der Waals surface area (Å²) < 4.78 is 10.8. The summed E-state index contributed by atoms with van der Waals surface area (Å²) in [6, 6.07) is 4.36. The molecule has 1 aromatic carbocycles. The Hall–Kier alpha value is -1.22. The number of rotatable bonds is 3. The van der Waals surface area contributed by atoms with E-state index in [-0.39, 0.29) is 6.04 Å². The fourth-order valence-corrected chi connectivity index (χ4v) is 2.28. The van der Waals surface area contributed by atoms with E-state index in [4.69, 9.17) is 15.2 Å². The maximum atomic E-state index is 6.01. The molecule has 0 saturated heterocycles. The maximum Gasteiger partial charge on any atom is 0.122 e. The third kappa shape index (κ3) is 1.76. The van der Waals surface area contributed by atoms with Gasteiger partial charge >= 0.3 is 0 Å². The largest absolute Gasteiger partial charge is 0.496 e. The van der Waals surface area contributed by atoms with E-state index >= 15 is 0 Å². The first-order valence-corrected chi connectivity index (χ1v) is 5.65. The van der Waals surface area contributed by atoms with Crippen LogP contribution in [0.4, 0.5) is 0 Å². The molecular formula is C13H19NO2. The van der Waals surface area contributed by atoms with Crippen LogP contribution in [0.2, 0.25) is 0 Å². The van der Waals surface area contributed by atoms with Crippen LogP contribution in [0, 0.1) is 6.92 Å². The zero-order chi connectivity index (χ0) is 11.7. The van der Waals surface area contributed by atoms with Crippen LogP contribution >= 0.6 is 0 Å². The standard InChI is InChI=1S/C13H19NO2/c1-8-6-13(16-3)10(7-12(8)15-2)9-4-5-11(9)14/h6-7,9,11H,4-5,14H2,1-3H3/t9-,11-/m1/s1. The highest BCUT2D eigenvalue weighted by Gasteiger charge is 2.31. The van der Waals surface area contributed by atoms with E-state index in [9.17, 15) is 0 Å². The molecule has 0 bridgehead atoms. The van der Waals surface area contributed by atoms with E-state index in [0.29, 0.717) is 5.92 Å². The Morgan fingerprint density at radius 2 is 1.81 bits per heavy atom. The van der Waals surface area contributed by atoms with E-state index in [0.717, 1.165) is 29.9 Å². The summed E-state index contributed by atoms with van der Waals surface area (Å²) in [4.78, 5) is 0. The SMILES string of the molecule is COc1cc([C@H]2CC[C@H]2N)c(OC)cc1C. The van der Waals surface area contributed by atoms with Gasteiger partial charge in [-0.05, 0) is 37.5 Å². The van der Waals surface area contributed by atoms with E-state index in [2.05, 4.69) is 6.07 Å². The monoisotopic (exact) mass is 221 g/mol. The lowest BCUT2D eigenvalue weighted by molar-refractivity contribution is 0.326. The lowest BCUT2D eigenvalue weighted by atomic mass is 9.75. The van der Waals surface area contributed by atoms with Crippen molar-refractivity contribution in [2.45, 2.75) is 31.7 Å². The molecule has 16 heavy (non-hydrogen) atoms. The van der Waals surface area contributed by atoms with Gasteiger partial charge in [-0.25, -0.2) is 0 Å². The minimum Gasteiger partial charge on any atom is -0.496 e. The lowest BCUT2D eigenvalue weighted by Gasteiger charge is -2.35. The Morgan fingerprint density at radius 1 is 1.12 bits per heavy atom. The van der Waals surface area contributed by atoms with Crippen molar-refractivity contribution in [1.29, 1.82) is 0 Å². The Balaban J connectivity index is 2.41. The molecule has 0 radical (unpaired) electrons. The van der Waals surface area contributed by atoms with Crippen molar-refractivity contribution in [3.8, 4) is 11.5 Å². The molecule has 0 aromatic heterocycles. The van der Waals surface area contributed by atoms with Crippen molar-refractivity contribution in [1.82, 2.24) is 0 Å². The topological polar surface area (TPSA) is 44.5 Å². The van der Waals surface area contributed by atoms with Crippen LogP contribution in [0.15, 0.2) is 12.1 Å². The number of hydrogen-bond acceptors (Lipinski definition) is 3. The predicted molar refractivity (Wildman–Crippen MR) is 64.2 cm³/mol. The van der Waals surface area contributed by atoms with Crippen molar-refractivity contribution in [2.75, 3.05) is 14.2 Å². The maximum absolute atomic E-state index is 6.01. The van der Waals surface area contributed by atoms with Crippen molar-refractivity contribution >= 4 is 0 Å². The molecule has 1 aliphatic carbocycles. The number of nitrogens with two attached hydrogens (primary N) is 1. The first kappa shape index (κ1) is 11.3. The summed E-state index contributed by atoms with van der Waals surface area (Å²) in [6.07, 6.45) is 2.24. The summed E-state index contributed by atoms with van der Waals surface area (Å²) in [5.74, 6) is 2.26. The van der Waals surface area contributed by atoms with Crippen LogP contribution in [0.3, 0.4) is 0 Å². The molecule has 1 aliphatic rings. The predicted octanol–water partition coefficient (Wildman–Crippen LogP) is 2.22. The molecule has 0 aliphatic heterocycles. The fourth-order valence-electron chi connectivity index (χ4n) is 2.28. The summed E-state index contributed by atoms with van der Waals surface area (Å²) in [5, 5.41) is 0. The molecule has 2 N–H and O–H groups in total. The van der Waals surface area contributed by atoms with Gasteiger partial charge < -0.3 is 15.2 Å². The van der Waals surface area contributed by atoms with Gasteiger partial charge in [0.2, 0.25) is 0 Å². The summed E-state index contributed by atoms with van der Waals surface area (Å²) >= 11 is 0. The number of benzene rings is 1. The van der Waals surface area contributed by atoms with Crippen molar-refractivity contribution < 1.29 is 9.47 Å². The normalized spacial score (nSPS) is 23.8. The van der Waals surface area contributed by atoms with Crippen LogP contribution in [-0.4, -0.2) is 20.3 Å². The second kappa shape index (κ2) is 4.34. The number of methoxy groups -OCH3 is 2. The van der Waals surface area contributed by atoms with Gasteiger partial charge in [-0.15, -0.1) is 0 Å². The van der Waals surface area contributed by atoms with Gasteiger partial charge in [0.05, 0.1) is 14.2 Å². The Morgan fingerprint density at radius 3 is 2.25 bits per heavy atom. The third-order valence-electron chi connectivity index (χ3n) is 3.47. The van der Waals surface area contributed by atoms with E-state index < -0.39 is 0 Å². The summed E-state index contributed by atoms with van der Waals surface area (Å²) in [6.45, 7) is 2.02. The number of ether oxygens (including phenoxy) is 2. The third-order valence-corrected chi connectivity index (χ3v) is 3.47. The molecule has 3 nitrogen and oxygen atoms in total. The average Bonchev–Trinajstić information content (AvgIpc) is 2.28. The van der Waals surface area contributed by atoms with Gasteiger partial charge in [-0.3, -0.25) is 0 Å². The molecule has 0 spiro atoms. The number of hydrogen-bond donors (Lipinski definition) is 1. The van der Waals surface area contributed by atoms with E-state index in [1.54, 1.807) is 14.2 Å². The van der Waals surface area contributed by atoms with Crippen molar-refractivity contribution in [3.05, 3.63) is 23.3 Å². The Kier molecular flexibility index (Phi) is 3.06. The molecule has 0 amide bonds. The van der Waals surface area contributed by atoms with Crippen LogP contribution in [0.5, 0.6) is 11.5 Å². The zero-order valence-corrected chi connectivity index (χ0v) is 10.1. The molecule has 1 aromatic rings. The molecule has 1 saturated carbocycles. The van der Waals surface area contributed by atoms with Crippen LogP contribution < -0.4 is 15.2 Å². The molecule has 1 fully saturated rings. The van der Waals surface area contributed by atoms with Gasteiger partial charge in [0.15, 0.2) is 0 Å². The number of aryl methyl sites for hydroxylation is 1. The molecule has 0 unspecified atom stereocenters. The van der Waals surface area contributed by atoms with Crippen LogP contribution in [0.25, 0.3) is 0 Å². The zero-order valence-electron chi connectivity index (χ0n) is 10.1. The molecule has 2 rings (SSSR count). The van der Waals surface area contributed by atoms with Crippen LogP contribution in [-0.2, 0) is 0 Å². The van der Waals surface area contributed by atoms with E-state index in [1.807, 2.05) is 13.0 Å². The highest BCUT2D eigenvalue weighted by Crippen LogP contribution is 2.42. The molecule has 88 valence electrons. The first-order chi connectivity index (χ1) is 7.67. The Labute approximate surface area is 96.5 Å². The quantitative estimate of drug-likeness (QED) is 0.851. The minimum atomic E-state index is 0.265. The second-order valence-electron chi connectivity index (χ2n) is 4.41. The highest BCUT2D eigenvalue weighted by molar-refractivity contribution is 5.48. The Bertz CT molecular complexity index is 390. The van der Waals surface area contributed by atoms with Gasteiger partial charge in [0, 0.05) is 17.5 Å². The summed E-state index contributed by atoms with van der Waals surface area (Å²) in [7, 11) is 3.40. The van der Waals surface area contributed by atoms with Crippen LogP contribution in [0.1, 0.15) is 29.9 Å². The van der Waals surface area contributed by atoms with Gasteiger partial charge in [0.25, 0.3) is 0 Å². The molecule has 3 heteroatoms. The van der Waals surface area contributed by atoms with Crippen molar-refractivity contribution in [3.63, 3.8) is 0 Å². The average molecular weight is 221 g/mol.